The van der Waals surface area contributed by atoms with Crippen molar-refractivity contribution in [3.63, 3.8) is 0 Å². The normalized spacial score (nSPS) is 21.2. The molecule has 0 saturated carbocycles. The fraction of sp³-hybridized carbons (Fsp3) is 0.455. The van der Waals surface area contributed by atoms with E-state index in [1.807, 2.05) is 7.05 Å². The molecule has 0 heterocycles. The van der Waals surface area contributed by atoms with Crippen molar-refractivity contribution < 1.29 is 0 Å². The molecule has 1 unspecified atom stereocenters. The zero-order valence-electron chi connectivity index (χ0n) is 7.81. The molecule has 2 rings (SSSR count). The molecule has 0 fully saturated rings. The molecule has 1 N–H and O–H groups in total. The summed E-state index contributed by atoms with van der Waals surface area (Å²) >= 11 is 3.51. The molecule has 1 aliphatic carbocycles. The van der Waals surface area contributed by atoms with Crippen molar-refractivity contribution in [1.82, 2.24) is 5.32 Å². The summed E-state index contributed by atoms with van der Waals surface area (Å²) in [5.74, 6) is 0. The average Bonchev–Trinajstić information content (AvgIpc) is 2.16. The van der Waals surface area contributed by atoms with Crippen LogP contribution in [0.3, 0.4) is 0 Å². The van der Waals surface area contributed by atoms with Crippen molar-refractivity contribution >= 4 is 15.9 Å². The highest BCUT2D eigenvalue weighted by molar-refractivity contribution is 9.10. The Balaban J connectivity index is 2.27. The van der Waals surface area contributed by atoms with Crippen LogP contribution in [0.15, 0.2) is 22.7 Å². The first kappa shape index (κ1) is 9.22. The summed E-state index contributed by atoms with van der Waals surface area (Å²) in [6, 6.07) is 7.30. The van der Waals surface area contributed by atoms with E-state index in [4.69, 9.17) is 0 Å². The number of hydrogen-bond acceptors (Lipinski definition) is 1. The minimum absolute atomic E-state index is 0.668. The number of likely N-dealkylation sites (N-methyl/N-ethyl adjacent to an activating group) is 1. The van der Waals surface area contributed by atoms with Gasteiger partial charge in [0.05, 0.1) is 0 Å². The molecular weight excluding hydrogens is 226 g/mol. The van der Waals surface area contributed by atoms with Gasteiger partial charge in [-0.3, -0.25) is 0 Å². The summed E-state index contributed by atoms with van der Waals surface area (Å²) in [6.45, 7) is 0. The zero-order valence-corrected chi connectivity index (χ0v) is 9.39. The summed E-state index contributed by atoms with van der Waals surface area (Å²) in [7, 11) is 2.05. The van der Waals surface area contributed by atoms with E-state index in [-0.39, 0.29) is 0 Å². The lowest BCUT2D eigenvalue weighted by Gasteiger charge is -2.24. The first-order chi connectivity index (χ1) is 6.29. The van der Waals surface area contributed by atoms with Crippen molar-refractivity contribution in [1.29, 1.82) is 0 Å². The molecule has 0 amide bonds. The molecule has 0 aromatic heterocycles. The van der Waals surface area contributed by atoms with Gasteiger partial charge < -0.3 is 5.32 Å². The van der Waals surface area contributed by atoms with Crippen LogP contribution >= 0.6 is 15.9 Å². The maximum absolute atomic E-state index is 3.51. The molecule has 0 spiro atoms. The Morgan fingerprint density at radius 1 is 1.38 bits per heavy atom. The van der Waals surface area contributed by atoms with Gasteiger partial charge in [-0.15, -0.1) is 0 Å². The lowest BCUT2D eigenvalue weighted by atomic mass is 9.88. The standard InChI is InChI=1S/C11H14BrN/c1-13-11-5-3-8-2-4-10(12)6-9(8)7-11/h2,4,6,11,13H,3,5,7H2,1H3. The highest BCUT2D eigenvalue weighted by Gasteiger charge is 2.16. The Bertz CT molecular complexity index is 309. The Kier molecular flexibility index (Phi) is 2.70. The van der Waals surface area contributed by atoms with Crippen LogP contribution in [0.5, 0.6) is 0 Å². The Labute approximate surface area is 87.7 Å². The molecular formula is C11H14BrN. The lowest BCUT2D eigenvalue weighted by molar-refractivity contribution is 0.496. The molecule has 0 aliphatic heterocycles. The van der Waals surface area contributed by atoms with Gasteiger partial charge in [-0.1, -0.05) is 22.0 Å². The summed E-state index contributed by atoms with van der Waals surface area (Å²) in [5.41, 5.74) is 3.02. The molecule has 1 aliphatic rings. The lowest BCUT2D eigenvalue weighted by Crippen LogP contribution is -2.31. The molecule has 1 aromatic rings. The third-order valence-electron chi connectivity index (χ3n) is 2.81. The minimum atomic E-state index is 0.668. The van der Waals surface area contributed by atoms with Crippen molar-refractivity contribution in [3.8, 4) is 0 Å². The third kappa shape index (κ3) is 1.94. The van der Waals surface area contributed by atoms with Crippen molar-refractivity contribution in [2.45, 2.75) is 25.3 Å². The van der Waals surface area contributed by atoms with Crippen LogP contribution in [0.25, 0.3) is 0 Å². The van der Waals surface area contributed by atoms with Gasteiger partial charge >= 0.3 is 0 Å². The number of rotatable bonds is 1. The van der Waals surface area contributed by atoms with Crippen LogP contribution in [0.2, 0.25) is 0 Å². The number of halogens is 1. The van der Waals surface area contributed by atoms with Gasteiger partial charge in [-0.05, 0) is 49.6 Å². The second-order valence-electron chi connectivity index (χ2n) is 3.64. The van der Waals surface area contributed by atoms with Crippen LogP contribution < -0.4 is 5.32 Å². The third-order valence-corrected chi connectivity index (χ3v) is 3.30. The molecule has 1 aromatic carbocycles. The Hall–Kier alpha value is -0.340. The van der Waals surface area contributed by atoms with Crippen LogP contribution in [0, 0.1) is 0 Å². The minimum Gasteiger partial charge on any atom is -0.317 e. The van der Waals surface area contributed by atoms with E-state index in [0.717, 1.165) is 0 Å². The number of fused-ring (bicyclic) bond motifs is 1. The summed E-state index contributed by atoms with van der Waals surface area (Å²) < 4.78 is 1.20. The SMILES string of the molecule is CNC1CCc2ccc(Br)cc2C1. The van der Waals surface area contributed by atoms with Gasteiger partial charge in [-0.2, -0.15) is 0 Å². The van der Waals surface area contributed by atoms with Gasteiger partial charge in [0.2, 0.25) is 0 Å². The topological polar surface area (TPSA) is 12.0 Å². The summed E-state index contributed by atoms with van der Waals surface area (Å²) in [5, 5.41) is 3.35. The fourth-order valence-electron chi connectivity index (χ4n) is 1.97. The van der Waals surface area contributed by atoms with E-state index in [1.54, 1.807) is 0 Å². The predicted molar refractivity (Wildman–Crippen MR) is 59.0 cm³/mol. The number of aryl methyl sites for hydroxylation is 1. The van der Waals surface area contributed by atoms with Crippen LogP contribution in [0.1, 0.15) is 17.5 Å². The van der Waals surface area contributed by atoms with E-state index >= 15 is 0 Å². The van der Waals surface area contributed by atoms with Crippen LogP contribution in [-0.2, 0) is 12.8 Å². The van der Waals surface area contributed by atoms with Gasteiger partial charge in [0, 0.05) is 10.5 Å². The molecule has 0 radical (unpaired) electrons. The zero-order chi connectivity index (χ0) is 9.26. The highest BCUT2D eigenvalue weighted by atomic mass is 79.9. The quantitative estimate of drug-likeness (QED) is 0.795. The molecule has 1 atom stereocenters. The molecule has 0 bridgehead atoms. The first-order valence-corrected chi connectivity index (χ1v) is 5.53. The smallest absolute Gasteiger partial charge is 0.0178 e. The monoisotopic (exact) mass is 239 g/mol. The second kappa shape index (κ2) is 3.81. The first-order valence-electron chi connectivity index (χ1n) is 4.74. The fourth-order valence-corrected chi connectivity index (χ4v) is 2.38. The number of nitrogens with one attached hydrogen (secondary N) is 1. The summed E-state index contributed by atoms with van der Waals surface area (Å²) in [4.78, 5) is 0. The predicted octanol–water partition coefficient (Wildman–Crippen LogP) is 2.53. The van der Waals surface area contributed by atoms with Crippen molar-refractivity contribution in [3.05, 3.63) is 33.8 Å². The van der Waals surface area contributed by atoms with E-state index in [2.05, 4.69) is 39.4 Å². The largest absolute Gasteiger partial charge is 0.317 e. The van der Waals surface area contributed by atoms with Crippen molar-refractivity contribution in [2.75, 3.05) is 7.05 Å². The van der Waals surface area contributed by atoms with Crippen LogP contribution in [0.4, 0.5) is 0 Å². The van der Waals surface area contributed by atoms with Gasteiger partial charge in [0.1, 0.15) is 0 Å². The number of hydrogen-bond donors (Lipinski definition) is 1. The maximum atomic E-state index is 3.51. The average molecular weight is 240 g/mol. The van der Waals surface area contributed by atoms with Gasteiger partial charge in [-0.25, -0.2) is 0 Å². The maximum Gasteiger partial charge on any atom is 0.0178 e. The van der Waals surface area contributed by atoms with Crippen molar-refractivity contribution in [2.24, 2.45) is 0 Å². The summed E-state index contributed by atoms with van der Waals surface area (Å²) in [6.07, 6.45) is 3.66. The molecule has 1 nitrogen and oxygen atoms in total. The van der Waals surface area contributed by atoms with Gasteiger partial charge in [0.25, 0.3) is 0 Å². The van der Waals surface area contributed by atoms with E-state index in [1.165, 1.54) is 34.9 Å². The number of benzene rings is 1. The van der Waals surface area contributed by atoms with Crippen LogP contribution in [-0.4, -0.2) is 13.1 Å². The van der Waals surface area contributed by atoms with E-state index in [0.29, 0.717) is 6.04 Å². The van der Waals surface area contributed by atoms with E-state index < -0.39 is 0 Å². The Morgan fingerprint density at radius 3 is 3.00 bits per heavy atom. The highest BCUT2D eigenvalue weighted by Crippen LogP contribution is 2.24. The molecule has 0 saturated heterocycles. The molecule has 13 heavy (non-hydrogen) atoms. The molecule has 2 heteroatoms. The second-order valence-corrected chi connectivity index (χ2v) is 4.56. The molecule has 70 valence electrons. The van der Waals surface area contributed by atoms with E-state index in [9.17, 15) is 0 Å². The van der Waals surface area contributed by atoms with Gasteiger partial charge in [0.15, 0.2) is 0 Å². The Morgan fingerprint density at radius 2 is 2.23 bits per heavy atom.